The standard InChI is InChI=1S/C9H14N2O3/c1-3-13-9(12)10-5-4-8-6-7(2)14-11-8/h6H,3-5H2,1-2H3,(H,10,12). The minimum Gasteiger partial charge on any atom is -0.450 e. The van der Waals surface area contributed by atoms with E-state index in [1.54, 1.807) is 6.92 Å². The van der Waals surface area contributed by atoms with Gasteiger partial charge in [0.1, 0.15) is 5.76 Å². The van der Waals surface area contributed by atoms with Crippen LogP contribution in [0.5, 0.6) is 0 Å². The van der Waals surface area contributed by atoms with E-state index in [0.717, 1.165) is 11.5 Å². The molecule has 0 fully saturated rings. The van der Waals surface area contributed by atoms with Crippen LogP contribution < -0.4 is 5.32 Å². The predicted molar refractivity (Wildman–Crippen MR) is 50.0 cm³/mol. The molecule has 14 heavy (non-hydrogen) atoms. The summed E-state index contributed by atoms with van der Waals surface area (Å²) in [6.45, 7) is 4.48. The SMILES string of the molecule is CCOC(=O)NCCc1cc(C)on1. The van der Waals surface area contributed by atoms with Crippen LogP contribution in [-0.4, -0.2) is 24.4 Å². The molecule has 0 aliphatic heterocycles. The lowest BCUT2D eigenvalue weighted by Crippen LogP contribution is -2.26. The Hall–Kier alpha value is -1.52. The lowest BCUT2D eigenvalue weighted by Gasteiger charge is -2.02. The molecule has 0 atom stereocenters. The fourth-order valence-corrected chi connectivity index (χ4v) is 1.01. The highest BCUT2D eigenvalue weighted by Gasteiger charge is 2.02. The summed E-state index contributed by atoms with van der Waals surface area (Å²) in [5.74, 6) is 0.774. The summed E-state index contributed by atoms with van der Waals surface area (Å²) in [5, 5.41) is 6.39. The fraction of sp³-hybridized carbons (Fsp3) is 0.556. The molecular formula is C9H14N2O3. The van der Waals surface area contributed by atoms with Gasteiger partial charge >= 0.3 is 6.09 Å². The van der Waals surface area contributed by atoms with Gasteiger partial charge in [-0.05, 0) is 13.8 Å². The second-order valence-electron chi connectivity index (χ2n) is 2.83. The van der Waals surface area contributed by atoms with Crippen LogP contribution in [0.1, 0.15) is 18.4 Å². The number of aromatic nitrogens is 1. The van der Waals surface area contributed by atoms with Crippen LogP contribution in [-0.2, 0) is 11.2 Å². The van der Waals surface area contributed by atoms with Gasteiger partial charge in [0.2, 0.25) is 0 Å². The average molecular weight is 198 g/mol. The van der Waals surface area contributed by atoms with Gasteiger partial charge in [0.05, 0.1) is 12.3 Å². The molecule has 0 aliphatic carbocycles. The lowest BCUT2D eigenvalue weighted by molar-refractivity contribution is 0.152. The maximum absolute atomic E-state index is 10.9. The number of nitrogens with one attached hydrogen (secondary N) is 1. The first-order chi connectivity index (χ1) is 6.72. The Morgan fingerprint density at radius 2 is 2.50 bits per heavy atom. The van der Waals surface area contributed by atoms with Crippen molar-refractivity contribution in [2.24, 2.45) is 0 Å². The van der Waals surface area contributed by atoms with Crippen LogP contribution in [0.4, 0.5) is 4.79 Å². The topological polar surface area (TPSA) is 64.4 Å². The largest absolute Gasteiger partial charge is 0.450 e. The summed E-state index contributed by atoms with van der Waals surface area (Å²) in [7, 11) is 0. The van der Waals surface area contributed by atoms with E-state index in [-0.39, 0.29) is 0 Å². The number of carbonyl (C=O) groups excluding carboxylic acids is 1. The second-order valence-corrected chi connectivity index (χ2v) is 2.83. The van der Waals surface area contributed by atoms with Gasteiger partial charge in [-0.15, -0.1) is 0 Å². The highest BCUT2D eigenvalue weighted by Crippen LogP contribution is 2.01. The molecule has 1 rings (SSSR count). The van der Waals surface area contributed by atoms with Gasteiger partial charge in [-0.3, -0.25) is 0 Å². The zero-order chi connectivity index (χ0) is 10.4. The van der Waals surface area contributed by atoms with Crippen molar-refractivity contribution in [1.82, 2.24) is 10.5 Å². The molecule has 0 unspecified atom stereocenters. The summed E-state index contributed by atoms with van der Waals surface area (Å²) in [5.41, 5.74) is 0.833. The van der Waals surface area contributed by atoms with E-state index in [2.05, 4.69) is 10.5 Å². The van der Waals surface area contributed by atoms with E-state index in [9.17, 15) is 4.79 Å². The van der Waals surface area contributed by atoms with E-state index in [4.69, 9.17) is 9.26 Å². The molecule has 1 heterocycles. The number of hydrogen-bond acceptors (Lipinski definition) is 4. The maximum atomic E-state index is 10.9. The molecule has 0 radical (unpaired) electrons. The van der Waals surface area contributed by atoms with Crippen LogP contribution in [0.3, 0.4) is 0 Å². The molecule has 1 N–H and O–H groups in total. The number of ether oxygens (including phenoxy) is 1. The lowest BCUT2D eigenvalue weighted by atomic mass is 10.3. The summed E-state index contributed by atoms with van der Waals surface area (Å²) < 4.78 is 9.57. The van der Waals surface area contributed by atoms with Gasteiger partial charge in [-0.2, -0.15) is 0 Å². The van der Waals surface area contributed by atoms with Crippen LogP contribution in [0.15, 0.2) is 10.6 Å². The van der Waals surface area contributed by atoms with Gasteiger partial charge in [0.25, 0.3) is 0 Å². The van der Waals surface area contributed by atoms with Crippen molar-refractivity contribution in [2.75, 3.05) is 13.2 Å². The van der Waals surface area contributed by atoms with E-state index >= 15 is 0 Å². The molecule has 0 aromatic carbocycles. The van der Waals surface area contributed by atoms with Gasteiger partial charge in [-0.1, -0.05) is 5.16 Å². The molecule has 0 aliphatic rings. The highest BCUT2D eigenvalue weighted by atomic mass is 16.5. The fourth-order valence-electron chi connectivity index (χ4n) is 1.01. The Labute approximate surface area is 82.4 Å². The summed E-state index contributed by atoms with van der Waals surface area (Å²) in [6.07, 6.45) is 0.253. The number of nitrogens with zero attached hydrogens (tertiary/aromatic N) is 1. The molecule has 0 saturated carbocycles. The molecule has 1 amide bonds. The van der Waals surface area contributed by atoms with Crippen LogP contribution >= 0.6 is 0 Å². The number of carbonyl (C=O) groups is 1. The van der Waals surface area contributed by atoms with Gasteiger partial charge in [0.15, 0.2) is 0 Å². The number of amides is 1. The second kappa shape index (κ2) is 5.26. The molecule has 0 bridgehead atoms. The van der Waals surface area contributed by atoms with Crippen molar-refractivity contribution < 1.29 is 14.1 Å². The first-order valence-corrected chi connectivity index (χ1v) is 4.55. The zero-order valence-electron chi connectivity index (χ0n) is 8.37. The third-order valence-electron chi connectivity index (χ3n) is 1.60. The van der Waals surface area contributed by atoms with Crippen molar-refractivity contribution in [2.45, 2.75) is 20.3 Å². The first kappa shape index (κ1) is 10.6. The first-order valence-electron chi connectivity index (χ1n) is 4.55. The monoisotopic (exact) mass is 198 g/mol. The van der Waals surface area contributed by atoms with E-state index in [1.807, 2.05) is 13.0 Å². The Balaban J connectivity index is 2.18. The normalized spacial score (nSPS) is 9.86. The summed E-state index contributed by atoms with van der Waals surface area (Å²) in [4.78, 5) is 10.9. The molecule has 78 valence electrons. The van der Waals surface area contributed by atoms with Crippen LogP contribution in [0.2, 0.25) is 0 Å². The molecular weight excluding hydrogens is 184 g/mol. The van der Waals surface area contributed by atoms with Crippen LogP contribution in [0.25, 0.3) is 0 Å². The van der Waals surface area contributed by atoms with Crippen molar-refractivity contribution >= 4 is 6.09 Å². The van der Waals surface area contributed by atoms with Gasteiger partial charge in [-0.25, -0.2) is 4.79 Å². The number of aryl methyl sites for hydroxylation is 1. The van der Waals surface area contributed by atoms with Crippen molar-refractivity contribution in [3.63, 3.8) is 0 Å². The molecule has 0 saturated heterocycles. The Morgan fingerprint density at radius 3 is 3.07 bits per heavy atom. The van der Waals surface area contributed by atoms with E-state index in [1.165, 1.54) is 0 Å². The Morgan fingerprint density at radius 1 is 1.71 bits per heavy atom. The van der Waals surface area contributed by atoms with Crippen molar-refractivity contribution in [3.05, 3.63) is 17.5 Å². The highest BCUT2D eigenvalue weighted by molar-refractivity contribution is 5.66. The smallest absolute Gasteiger partial charge is 0.407 e. The van der Waals surface area contributed by atoms with Crippen molar-refractivity contribution in [3.8, 4) is 0 Å². The molecule has 5 nitrogen and oxygen atoms in total. The third kappa shape index (κ3) is 3.47. The summed E-state index contributed by atoms with van der Waals surface area (Å²) in [6, 6.07) is 1.84. The van der Waals surface area contributed by atoms with Gasteiger partial charge < -0.3 is 14.6 Å². The van der Waals surface area contributed by atoms with Crippen LogP contribution in [0, 0.1) is 6.92 Å². The van der Waals surface area contributed by atoms with Crippen molar-refractivity contribution in [1.29, 1.82) is 0 Å². The maximum Gasteiger partial charge on any atom is 0.407 e. The minimum atomic E-state index is -0.396. The Kier molecular flexibility index (Phi) is 3.97. The molecule has 1 aromatic rings. The van der Waals surface area contributed by atoms with Gasteiger partial charge in [0, 0.05) is 19.0 Å². The summed E-state index contributed by atoms with van der Waals surface area (Å²) >= 11 is 0. The molecule has 5 heteroatoms. The number of hydrogen-bond donors (Lipinski definition) is 1. The third-order valence-corrected chi connectivity index (χ3v) is 1.60. The molecule has 0 spiro atoms. The van der Waals surface area contributed by atoms with E-state index < -0.39 is 6.09 Å². The Bertz CT molecular complexity index is 296. The minimum absolute atomic E-state index is 0.384. The number of alkyl carbamates (subject to hydrolysis) is 1. The quantitative estimate of drug-likeness (QED) is 0.791. The number of rotatable bonds is 4. The predicted octanol–water partition coefficient (Wildman–Crippen LogP) is 1.27. The molecule has 1 aromatic heterocycles. The zero-order valence-corrected chi connectivity index (χ0v) is 8.37. The average Bonchev–Trinajstić information content (AvgIpc) is 2.52. The van der Waals surface area contributed by atoms with E-state index in [0.29, 0.717) is 19.6 Å².